The molecule has 5 rings (SSSR count). The highest BCUT2D eigenvalue weighted by Crippen LogP contribution is 2.61. The highest BCUT2D eigenvalue weighted by Gasteiger charge is 2.48. The fourth-order valence-electron chi connectivity index (χ4n) is 4.86. The van der Waals surface area contributed by atoms with Crippen LogP contribution in [0.5, 0.6) is 5.75 Å². The van der Waals surface area contributed by atoms with Crippen molar-refractivity contribution in [2.75, 3.05) is 10.6 Å². The predicted octanol–water partition coefficient (Wildman–Crippen LogP) is 3.77. The average molecular weight is 600 g/mol. The fraction of sp³-hybridized carbons (Fsp3) is 0.346. The summed E-state index contributed by atoms with van der Waals surface area (Å²) in [5, 5.41) is 23.9. The third kappa shape index (κ3) is 6.41. The molecule has 1 aliphatic rings. The number of nitrogens with two attached hydrogens (primary N) is 1. The number of aryl methyl sites for hydroxylation is 2. The van der Waals surface area contributed by atoms with Crippen LogP contribution in [0, 0.1) is 0 Å². The number of fused-ring (bicyclic) bond motifs is 1. The third-order valence-corrected chi connectivity index (χ3v) is 9.80. The Morgan fingerprint density at radius 2 is 1.83 bits per heavy atom. The van der Waals surface area contributed by atoms with Gasteiger partial charge in [-0.05, 0) is 61.9 Å². The first-order valence-corrected chi connectivity index (χ1v) is 15.5. The highest BCUT2D eigenvalue weighted by molar-refractivity contribution is 7.62. The summed E-state index contributed by atoms with van der Waals surface area (Å²) in [5.41, 5.74) is 8.42. The predicted molar refractivity (Wildman–Crippen MR) is 154 cm³/mol. The first-order chi connectivity index (χ1) is 19.6. The van der Waals surface area contributed by atoms with E-state index in [9.17, 15) is 29.1 Å². The molecule has 1 saturated carbocycles. The number of aromatic hydroxyl groups is 1. The Hall–Kier alpha value is -3.44. The molecule has 0 aliphatic heterocycles. The lowest BCUT2D eigenvalue weighted by atomic mass is 9.92. The topological polar surface area (TPSA) is 209 Å². The molecule has 1 unspecified atom stereocenters. The first kappa shape index (κ1) is 29.1. The van der Waals surface area contributed by atoms with Gasteiger partial charge in [0, 0.05) is 29.9 Å². The van der Waals surface area contributed by atoms with Gasteiger partial charge in [0.2, 0.25) is 14.4 Å². The zero-order valence-electron chi connectivity index (χ0n) is 22.0. The summed E-state index contributed by atoms with van der Waals surface area (Å²) in [6.45, 7) is 0.554. The Morgan fingerprint density at radius 3 is 2.49 bits per heavy atom. The van der Waals surface area contributed by atoms with Crippen LogP contribution in [-0.4, -0.2) is 51.6 Å². The van der Waals surface area contributed by atoms with Gasteiger partial charge in [0.15, 0.2) is 17.0 Å². The summed E-state index contributed by atoms with van der Waals surface area (Å²) in [4.78, 5) is 33.0. The number of hydrogen-bond acceptors (Lipinski definition) is 10. The minimum absolute atomic E-state index is 0.166. The van der Waals surface area contributed by atoms with Crippen molar-refractivity contribution in [3.8, 4) is 5.75 Å². The molecule has 2 aromatic carbocycles. The van der Waals surface area contributed by atoms with Crippen LogP contribution in [0.2, 0.25) is 0 Å². The Bertz CT molecular complexity index is 1590. The second-order valence-corrected chi connectivity index (χ2v) is 13.1. The zero-order chi connectivity index (χ0) is 29.2. The van der Waals surface area contributed by atoms with Gasteiger partial charge in [-0.25, -0.2) is 4.98 Å². The lowest BCUT2D eigenvalue weighted by molar-refractivity contribution is 0.168. The molecular weight excluding hydrogens is 568 g/mol. The van der Waals surface area contributed by atoms with E-state index in [1.54, 1.807) is 24.5 Å². The molecule has 0 radical (unpaired) electrons. The van der Waals surface area contributed by atoms with E-state index >= 15 is 0 Å². The lowest BCUT2D eigenvalue weighted by Crippen LogP contribution is -2.33. The van der Waals surface area contributed by atoms with Crippen LogP contribution in [0.25, 0.3) is 11.2 Å². The minimum Gasteiger partial charge on any atom is -0.508 e. The third-order valence-electron chi connectivity index (χ3n) is 7.19. The minimum atomic E-state index is -5.13. The van der Waals surface area contributed by atoms with Crippen molar-refractivity contribution in [3.63, 3.8) is 0 Å². The molecule has 1 aliphatic carbocycles. The van der Waals surface area contributed by atoms with E-state index in [-0.39, 0.29) is 23.4 Å². The number of rotatable bonds is 10. The van der Waals surface area contributed by atoms with Crippen molar-refractivity contribution in [1.29, 1.82) is 0 Å². The van der Waals surface area contributed by atoms with Crippen LogP contribution in [0.3, 0.4) is 0 Å². The van der Waals surface area contributed by atoms with Crippen LogP contribution in [0.1, 0.15) is 36.8 Å². The summed E-state index contributed by atoms with van der Waals surface area (Å²) in [5.74, 6) is 1.02. The van der Waals surface area contributed by atoms with Crippen molar-refractivity contribution in [3.05, 3.63) is 66.0 Å². The van der Waals surface area contributed by atoms with E-state index < -0.39 is 21.1 Å². The normalized spacial score (nSPS) is 19.2. The van der Waals surface area contributed by atoms with Gasteiger partial charge in [0.25, 0.3) is 5.08 Å². The van der Waals surface area contributed by atoms with Gasteiger partial charge in [-0.2, -0.15) is 9.97 Å². The molecule has 13 nitrogen and oxygen atoms in total. The molecule has 15 heteroatoms. The van der Waals surface area contributed by atoms with Crippen LogP contribution in [0.15, 0.2) is 54.9 Å². The largest absolute Gasteiger partial charge is 0.508 e. The van der Waals surface area contributed by atoms with E-state index in [1.807, 2.05) is 10.6 Å². The van der Waals surface area contributed by atoms with Crippen molar-refractivity contribution in [1.82, 2.24) is 19.5 Å². The van der Waals surface area contributed by atoms with Gasteiger partial charge >= 0.3 is 7.60 Å². The number of anilines is 3. The molecule has 4 aromatic rings. The van der Waals surface area contributed by atoms with Crippen LogP contribution in [-0.2, 0) is 27.2 Å². The van der Waals surface area contributed by atoms with Crippen LogP contribution < -0.4 is 16.4 Å². The fourth-order valence-corrected chi connectivity index (χ4v) is 6.02. The summed E-state index contributed by atoms with van der Waals surface area (Å²) >= 11 is 0. The standard InChI is InChI=1S/C26H31N7O6P2/c27-18-6-10-20(11-7-18)30-25-31-23(29-19-8-4-17(5-9-19)26(35,40-36)41(37,38)39)22-24(32-25)33(15-28-22)13-12-16-2-1-3-21(34)14-16/h1-5,8-9,14-15,18,20,34-35H,6-7,10-13,27H2,(H2,37,38,39)(H2,29,30,31,32). The van der Waals surface area contributed by atoms with Crippen molar-refractivity contribution >= 4 is 44.7 Å². The number of benzene rings is 2. The molecule has 1 fully saturated rings. The maximum atomic E-state index is 11.8. The number of nitrogens with one attached hydrogen (secondary N) is 2. The molecule has 1 atom stereocenters. The highest BCUT2D eigenvalue weighted by atomic mass is 31.2. The Balaban J connectivity index is 1.45. The van der Waals surface area contributed by atoms with Crippen molar-refractivity contribution in [2.24, 2.45) is 5.73 Å². The molecule has 8 N–H and O–H groups in total. The molecule has 0 spiro atoms. The summed E-state index contributed by atoms with van der Waals surface area (Å²) in [7, 11) is -6.25. The van der Waals surface area contributed by atoms with Gasteiger partial charge in [-0.15, -0.1) is 0 Å². The number of aromatic nitrogens is 4. The monoisotopic (exact) mass is 599 g/mol. The van der Waals surface area contributed by atoms with Gasteiger partial charge in [-0.3, -0.25) is 9.13 Å². The lowest BCUT2D eigenvalue weighted by Gasteiger charge is -2.27. The zero-order valence-corrected chi connectivity index (χ0v) is 23.7. The van der Waals surface area contributed by atoms with Gasteiger partial charge in [0.05, 0.1) is 6.33 Å². The van der Waals surface area contributed by atoms with E-state index in [0.29, 0.717) is 41.6 Å². The van der Waals surface area contributed by atoms with Crippen molar-refractivity contribution < 1.29 is 29.1 Å². The molecule has 41 heavy (non-hydrogen) atoms. The van der Waals surface area contributed by atoms with E-state index in [0.717, 1.165) is 31.2 Å². The van der Waals surface area contributed by atoms with Crippen LogP contribution in [0.4, 0.5) is 17.5 Å². The molecule has 0 saturated heterocycles. The quantitative estimate of drug-likeness (QED) is 0.130. The SMILES string of the molecule is NC1CCC(Nc2nc(Nc3ccc(C(O)(P=O)P(=O)(O)O)cc3)c3ncn(CCc4cccc(O)c4)c3n2)CC1. The number of phenols is 1. The van der Waals surface area contributed by atoms with E-state index in [2.05, 4.69) is 20.6 Å². The summed E-state index contributed by atoms with van der Waals surface area (Å²) in [6, 6.07) is 13.0. The second-order valence-electron chi connectivity index (χ2n) is 10.2. The molecule has 2 aromatic heterocycles. The Kier molecular flexibility index (Phi) is 8.37. The first-order valence-electron chi connectivity index (χ1n) is 13.1. The van der Waals surface area contributed by atoms with Gasteiger partial charge in [0.1, 0.15) is 5.75 Å². The Morgan fingerprint density at radius 1 is 1.10 bits per heavy atom. The number of imidazole rings is 1. The number of aliphatic hydroxyl groups is 1. The number of phenolic OH excluding ortho intramolecular Hbond substituents is 1. The summed E-state index contributed by atoms with van der Waals surface area (Å²) in [6.07, 6.45) is 5.91. The van der Waals surface area contributed by atoms with Crippen molar-refractivity contribution in [2.45, 2.75) is 55.8 Å². The van der Waals surface area contributed by atoms with Gasteiger partial charge < -0.3 is 40.9 Å². The number of hydrogen-bond donors (Lipinski definition) is 7. The number of nitrogens with zero attached hydrogens (tertiary/aromatic N) is 4. The van der Waals surface area contributed by atoms with E-state index in [4.69, 9.17) is 10.7 Å². The Labute approximate surface area is 237 Å². The molecule has 216 valence electrons. The van der Waals surface area contributed by atoms with E-state index in [1.165, 1.54) is 24.3 Å². The molecule has 2 heterocycles. The molecular formula is C26H31N7O6P2. The maximum Gasteiger partial charge on any atom is 0.373 e. The maximum absolute atomic E-state index is 11.8. The summed E-state index contributed by atoms with van der Waals surface area (Å²) < 4.78 is 25.1. The molecule has 0 bridgehead atoms. The smallest absolute Gasteiger partial charge is 0.373 e. The van der Waals surface area contributed by atoms with Crippen LogP contribution >= 0.6 is 16.1 Å². The average Bonchev–Trinajstić information content (AvgIpc) is 3.35. The molecule has 0 amide bonds. The van der Waals surface area contributed by atoms with Gasteiger partial charge in [-0.1, -0.05) is 24.3 Å². The second kappa shape index (κ2) is 11.8.